The predicted molar refractivity (Wildman–Crippen MR) is 53.3 cm³/mol. The van der Waals surface area contributed by atoms with Crippen LogP contribution in [0.5, 0.6) is 0 Å². The van der Waals surface area contributed by atoms with Gasteiger partial charge in [-0.05, 0) is 18.2 Å². The van der Waals surface area contributed by atoms with Crippen LogP contribution in [-0.2, 0) is 14.3 Å². The average molecular weight is 283 g/mol. The van der Waals surface area contributed by atoms with Crippen molar-refractivity contribution in [1.29, 1.82) is 0 Å². The van der Waals surface area contributed by atoms with Crippen molar-refractivity contribution < 1.29 is 17.0 Å². The molecule has 0 amide bonds. The number of benzene rings is 1. The Balaban J connectivity index is 2.93. The highest BCUT2D eigenvalue weighted by atomic mass is 79.9. The Kier molecular flexibility index (Phi) is 4.03. The molecule has 0 aliphatic heterocycles. The zero-order chi connectivity index (χ0) is 10.6. The van der Waals surface area contributed by atoms with Gasteiger partial charge in [-0.15, -0.1) is 0 Å². The molecule has 3 nitrogen and oxygen atoms in total. The van der Waals surface area contributed by atoms with Gasteiger partial charge in [0.15, 0.2) is 0 Å². The van der Waals surface area contributed by atoms with Gasteiger partial charge in [-0.25, -0.2) is 4.39 Å². The number of rotatable bonds is 4. The van der Waals surface area contributed by atoms with Crippen LogP contribution in [0.4, 0.5) is 4.39 Å². The molecule has 0 spiro atoms. The zero-order valence-electron chi connectivity index (χ0n) is 7.11. The minimum atomic E-state index is -3.81. The van der Waals surface area contributed by atoms with Gasteiger partial charge in [0.1, 0.15) is 6.67 Å². The van der Waals surface area contributed by atoms with Crippen LogP contribution in [0.25, 0.3) is 0 Å². The molecule has 1 aromatic carbocycles. The van der Waals surface area contributed by atoms with Crippen LogP contribution in [0, 0.1) is 0 Å². The lowest BCUT2D eigenvalue weighted by atomic mass is 10.4. The third-order valence-corrected chi connectivity index (χ3v) is 3.20. The third kappa shape index (κ3) is 3.04. The van der Waals surface area contributed by atoms with E-state index in [9.17, 15) is 12.8 Å². The van der Waals surface area contributed by atoms with E-state index in [-0.39, 0.29) is 4.90 Å². The summed E-state index contributed by atoms with van der Waals surface area (Å²) in [6.07, 6.45) is 0. The maximum atomic E-state index is 11.7. The minimum Gasteiger partial charge on any atom is -0.264 e. The maximum Gasteiger partial charge on any atom is 0.297 e. The molecule has 0 atom stereocenters. The van der Waals surface area contributed by atoms with Crippen molar-refractivity contribution in [3.05, 3.63) is 28.7 Å². The highest BCUT2D eigenvalue weighted by molar-refractivity contribution is 9.10. The smallest absolute Gasteiger partial charge is 0.264 e. The first kappa shape index (κ1) is 11.6. The molecule has 0 aromatic heterocycles. The summed E-state index contributed by atoms with van der Waals surface area (Å²) in [5.41, 5.74) is 0. The minimum absolute atomic E-state index is 0.0142. The van der Waals surface area contributed by atoms with E-state index in [1.165, 1.54) is 12.1 Å². The zero-order valence-corrected chi connectivity index (χ0v) is 9.52. The van der Waals surface area contributed by atoms with E-state index < -0.39 is 23.4 Å². The van der Waals surface area contributed by atoms with E-state index in [2.05, 4.69) is 20.1 Å². The first-order valence-electron chi connectivity index (χ1n) is 3.77. The molecular formula is C8H8BrFO3S. The van der Waals surface area contributed by atoms with E-state index in [0.29, 0.717) is 4.47 Å². The number of hydrogen-bond donors (Lipinski definition) is 0. The van der Waals surface area contributed by atoms with Crippen molar-refractivity contribution in [3.8, 4) is 0 Å². The van der Waals surface area contributed by atoms with Crippen molar-refractivity contribution in [2.45, 2.75) is 4.90 Å². The molecule has 0 saturated heterocycles. The Labute approximate surface area is 90.1 Å². The molecule has 0 aliphatic rings. The molecule has 0 saturated carbocycles. The fourth-order valence-corrected chi connectivity index (χ4v) is 2.32. The molecule has 6 heteroatoms. The standard InChI is InChI=1S/C8H8BrFO3S/c9-7-2-1-3-8(6-7)14(11,12)13-5-4-10/h1-3,6H,4-5H2. The lowest BCUT2D eigenvalue weighted by molar-refractivity contribution is 0.277. The maximum absolute atomic E-state index is 11.7. The van der Waals surface area contributed by atoms with Crippen molar-refractivity contribution in [3.63, 3.8) is 0 Å². The first-order valence-corrected chi connectivity index (χ1v) is 5.97. The van der Waals surface area contributed by atoms with Gasteiger partial charge in [0, 0.05) is 4.47 Å². The monoisotopic (exact) mass is 282 g/mol. The van der Waals surface area contributed by atoms with Crippen LogP contribution < -0.4 is 0 Å². The van der Waals surface area contributed by atoms with Gasteiger partial charge in [-0.1, -0.05) is 22.0 Å². The van der Waals surface area contributed by atoms with E-state index in [4.69, 9.17) is 0 Å². The van der Waals surface area contributed by atoms with Gasteiger partial charge < -0.3 is 0 Å². The lowest BCUT2D eigenvalue weighted by Crippen LogP contribution is -2.08. The second kappa shape index (κ2) is 4.86. The Morgan fingerprint density at radius 2 is 2.14 bits per heavy atom. The van der Waals surface area contributed by atoms with E-state index in [0.717, 1.165) is 0 Å². The second-order valence-electron chi connectivity index (χ2n) is 2.42. The molecule has 0 radical (unpaired) electrons. The molecule has 0 bridgehead atoms. The highest BCUT2D eigenvalue weighted by Gasteiger charge is 2.14. The lowest BCUT2D eigenvalue weighted by Gasteiger charge is -2.03. The van der Waals surface area contributed by atoms with Crippen LogP contribution in [-0.4, -0.2) is 21.7 Å². The number of hydrogen-bond acceptors (Lipinski definition) is 3. The molecular weight excluding hydrogens is 275 g/mol. The number of halogens is 2. The molecule has 0 unspecified atom stereocenters. The molecule has 0 heterocycles. The predicted octanol–water partition coefficient (Wildman–Crippen LogP) is 2.12. The molecule has 78 valence electrons. The third-order valence-electron chi connectivity index (χ3n) is 1.40. The molecule has 1 rings (SSSR count). The molecule has 0 aliphatic carbocycles. The van der Waals surface area contributed by atoms with Gasteiger partial charge in [0.05, 0.1) is 11.5 Å². The summed E-state index contributed by atoms with van der Waals surface area (Å²) in [6, 6.07) is 6.04. The summed E-state index contributed by atoms with van der Waals surface area (Å²) in [4.78, 5) is 0.0142. The van der Waals surface area contributed by atoms with Crippen molar-refractivity contribution in [1.82, 2.24) is 0 Å². The van der Waals surface area contributed by atoms with Crippen molar-refractivity contribution >= 4 is 26.0 Å². The Bertz CT molecular complexity index is 405. The van der Waals surface area contributed by atoms with Gasteiger partial charge in [-0.2, -0.15) is 8.42 Å². The van der Waals surface area contributed by atoms with E-state index >= 15 is 0 Å². The topological polar surface area (TPSA) is 43.4 Å². The number of alkyl halides is 1. The SMILES string of the molecule is O=S(=O)(OCCF)c1cccc(Br)c1. The van der Waals surface area contributed by atoms with E-state index in [1.54, 1.807) is 12.1 Å². The molecule has 0 N–H and O–H groups in total. The quantitative estimate of drug-likeness (QED) is 0.795. The highest BCUT2D eigenvalue weighted by Crippen LogP contribution is 2.17. The van der Waals surface area contributed by atoms with Crippen LogP contribution in [0.2, 0.25) is 0 Å². The summed E-state index contributed by atoms with van der Waals surface area (Å²) in [5.74, 6) is 0. The van der Waals surface area contributed by atoms with Gasteiger partial charge >= 0.3 is 0 Å². The van der Waals surface area contributed by atoms with Crippen LogP contribution in [0.15, 0.2) is 33.6 Å². The average Bonchev–Trinajstić information content (AvgIpc) is 2.15. The molecule has 0 fully saturated rings. The summed E-state index contributed by atoms with van der Waals surface area (Å²) in [6.45, 7) is -1.28. The molecule has 14 heavy (non-hydrogen) atoms. The second-order valence-corrected chi connectivity index (χ2v) is 4.95. The van der Waals surface area contributed by atoms with Gasteiger partial charge in [0.25, 0.3) is 10.1 Å². The Morgan fingerprint density at radius 3 is 2.71 bits per heavy atom. The first-order chi connectivity index (χ1) is 6.56. The van der Waals surface area contributed by atoms with Crippen LogP contribution in [0.3, 0.4) is 0 Å². The summed E-state index contributed by atoms with van der Waals surface area (Å²) >= 11 is 3.13. The normalized spacial score (nSPS) is 11.6. The van der Waals surface area contributed by atoms with Crippen molar-refractivity contribution in [2.24, 2.45) is 0 Å². The van der Waals surface area contributed by atoms with Crippen LogP contribution >= 0.6 is 15.9 Å². The fourth-order valence-electron chi connectivity index (χ4n) is 0.832. The van der Waals surface area contributed by atoms with Gasteiger partial charge in [-0.3, -0.25) is 4.18 Å². The van der Waals surface area contributed by atoms with Crippen molar-refractivity contribution in [2.75, 3.05) is 13.3 Å². The summed E-state index contributed by atoms with van der Waals surface area (Å²) < 4.78 is 39.4. The Hall–Kier alpha value is -0.460. The molecule has 1 aromatic rings. The Morgan fingerprint density at radius 1 is 1.43 bits per heavy atom. The van der Waals surface area contributed by atoms with Gasteiger partial charge in [0.2, 0.25) is 0 Å². The summed E-state index contributed by atoms with van der Waals surface area (Å²) in [7, 11) is -3.81. The fraction of sp³-hybridized carbons (Fsp3) is 0.250. The largest absolute Gasteiger partial charge is 0.297 e. The summed E-state index contributed by atoms with van der Waals surface area (Å²) in [5, 5.41) is 0. The van der Waals surface area contributed by atoms with E-state index in [1.807, 2.05) is 0 Å². The van der Waals surface area contributed by atoms with Crippen LogP contribution in [0.1, 0.15) is 0 Å².